The van der Waals surface area contributed by atoms with Crippen LogP contribution in [0.15, 0.2) is 35.1 Å². The number of benzene rings is 1. The van der Waals surface area contributed by atoms with Gasteiger partial charge in [-0.15, -0.1) is 0 Å². The van der Waals surface area contributed by atoms with E-state index >= 15 is 0 Å². The van der Waals surface area contributed by atoms with Gasteiger partial charge in [-0.2, -0.15) is 5.10 Å². The molecule has 0 unspecified atom stereocenters. The Kier molecular flexibility index (Phi) is 4.47. The largest absolute Gasteiger partial charge is 0.462 e. The molecule has 1 heterocycles. The molecule has 0 N–H and O–H groups in total. The predicted molar refractivity (Wildman–Crippen MR) is 74.7 cm³/mol. The fraction of sp³-hybridized carbons (Fsp3) is 0.267. The molecule has 2 aromatic rings. The second kappa shape index (κ2) is 6.30. The minimum Gasteiger partial charge on any atom is -0.462 e. The zero-order valence-electron chi connectivity index (χ0n) is 11.8. The summed E-state index contributed by atoms with van der Waals surface area (Å²) in [7, 11) is 0. The summed E-state index contributed by atoms with van der Waals surface area (Å²) in [5, 5.41) is 4.07. The highest BCUT2D eigenvalue weighted by Crippen LogP contribution is 2.05. The molecule has 0 saturated heterocycles. The molecule has 0 radical (unpaired) electrons. The smallest absolute Gasteiger partial charge is 0.343 e. The van der Waals surface area contributed by atoms with Gasteiger partial charge in [0.1, 0.15) is 11.4 Å². The number of carbonyl (C=O) groups is 1. The predicted octanol–water partition coefficient (Wildman–Crippen LogP) is 1.92. The lowest BCUT2D eigenvalue weighted by Crippen LogP contribution is -2.30. The third-order valence-corrected chi connectivity index (χ3v) is 2.81. The molecule has 0 saturated carbocycles. The van der Waals surface area contributed by atoms with Crippen LogP contribution in [0, 0.1) is 12.7 Å². The number of halogens is 1. The number of aryl methyl sites for hydroxylation is 1. The lowest BCUT2D eigenvalue weighted by atomic mass is 10.2. The molecule has 0 aliphatic heterocycles. The van der Waals surface area contributed by atoms with Crippen molar-refractivity contribution in [3.63, 3.8) is 0 Å². The fourth-order valence-corrected chi connectivity index (χ4v) is 1.94. The van der Waals surface area contributed by atoms with Crippen molar-refractivity contribution in [3.05, 3.63) is 63.3 Å². The number of esters is 1. The summed E-state index contributed by atoms with van der Waals surface area (Å²) >= 11 is 0. The van der Waals surface area contributed by atoms with Crippen LogP contribution in [-0.2, 0) is 11.3 Å². The minimum absolute atomic E-state index is 0.0687. The highest BCUT2D eigenvalue weighted by Gasteiger charge is 2.15. The molecule has 0 fully saturated rings. The summed E-state index contributed by atoms with van der Waals surface area (Å²) in [6.07, 6.45) is 0. The van der Waals surface area contributed by atoms with Gasteiger partial charge in [0.2, 0.25) is 0 Å². The molecule has 0 atom stereocenters. The summed E-state index contributed by atoms with van der Waals surface area (Å²) in [6.45, 7) is 3.61. The number of hydrogen-bond donors (Lipinski definition) is 0. The number of carbonyl (C=O) groups excluding carboxylic acids is 1. The minimum atomic E-state index is -0.680. The topological polar surface area (TPSA) is 61.2 Å². The van der Waals surface area contributed by atoms with E-state index < -0.39 is 11.5 Å². The normalized spacial score (nSPS) is 10.4. The van der Waals surface area contributed by atoms with Crippen LogP contribution in [0.4, 0.5) is 4.39 Å². The number of ether oxygens (including phenoxy) is 1. The second-order valence-electron chi connectivity index (χ2n) is 4.51. The van der Waals surface area contributed by atoms with E-state index in [0.717, 1.165) is 4.68 Å². The van der Waals surface area contributed by atoms with Crippen molar-refractivity contribution in [1.29, 1.82) is 0 Å². The first-order chi connectivity index (χ1) is 10.0. The van der Waals surface area contributed by atoms with Crippen LogP contribution in [0.1, 0.15) is 28.5 Å². The quantitative estimate of drug-likeness (QED) is 0.807. The Morgan fingerprint density at radius 1 is 1.38 bits per heavy atom. The van der Waals surface area contributed by atoms with Gasteiger partial charge in [0, 0.05) is 0 Å². The van der Waals surface area contributed by atoms with Gasteiger partial charge in [-0.05, 0) is 37.6 Å². The molecule has 2 rings (SSSR count). The van der Waals surface area contributed by atoms with E-state index in [-0.39, 0.29) is 24.5 Å². The van der Waals surface area contributed by atoms with Crippen molar-refractivity contribution in [3.8, 4) is 0 Å². The monoisotopic (exact) mass is 290 g/mol. The first kappa shape index (κ1) is 14.9. The summed E-state index contributed by atoms with van der Waals surface area (Å²) in [4.78, 5) is 24.0. The maximum atomic E-state index is 13.2. The zero-order chi connectivity index (χ0) is 15.4. The van der Waals surface area contributed by atoms with Crippen LogP contribution in [0.25, 0.3) is 0 Å². The Labute approximate surface area is 121 Å². The van der Waals surface area contributed by atoms with Crippen molar-refractivity contribution in [1.82, 2.24) is 9.78 Å². The maximum Gasteiger partial charge on any atom is 0.343 e. The van der Waals surface area contributed by atoms with Gasteiger partial charge in [-0.25, -0.2) is 13.9 Å². The fourth-order valence-electron chi connectivity index (χ4n) is 1.94. The molecule has 0 spiro atoms. The maximum absolute atomic E-state index is 13.2. The molecule has 6 heteroatoms. The van der Waals surface area contributed by atoms with E-state index in [0.29, 0.717) is 11.3 Å². The Bertz CT molecular complexity index is 725. The van der Waals surface area contributed by atoms with Crippen LogP contribution in [0.2, 0.25) is 0 Å². The molecule has 21 heavy (non-hydrogen) atoms. The van der Waals surface area contributed by atoms with Crippen molar-refractivity contribution in [2.24, 2.45) is 0 Å². The van der Waals surface area contributed by atoms with Crippen LogP contribution in [0.3, 0.4) is 0 Å². The summed E-state index contributed by atoms with van der Waals surface area (Å²) < 4.78 is 19.2. The van der Waals surface area contributed by atoms with Crippen molar-refractivity contribution < 1.29 is 13.9 Å². The molecule has 0 amide bonds. The molecular weight excluding hydrogens is 275 g/mol. The Balaban J connectivity index is 2.40. The van der Waals surface area contributed by atoms with Crippen LogP contribution < -0.4 is 5.56 Å². The molecule has 1 aromatic carbocycles. The lowest BCUT2D eigenvalue weighted by molar-refractivity contribution is 0.0523. The van der Waals surface area contributed by atoms with E-state index in [4.69, 9.17) is 4.74 Å². The standard InChI is InChI=1S/C15H15FN2O3/c1-3-21-15(20)13-7-10(2)17-18(14(13)19)9-11-5-4-6-12(16)8-11/h4-8H,3,9H2,1-2H3. The highest BCUT2D eigenvalue weighted by atomic mass is 19.1. The summed E-state index contributed by atoms with van der Waals surface area (Å²) in [6, 6.07) is 7.27. The average Bonchev–Trinajstić information content (AvgIpc) is 2.42. The molecule has 5 nitrogen and oxygen atoms in total. The molecular formula is C15H15FN2O3. The molecule has 0 bridgehead atoms. The Hall–Kier alpha value is -2.50. The van der Waals surface area contributed by atoms with Gasteiger partial charge in [-0.1, -0.05) is 12.1 Å². The van der Waals surface area contributed by atoms with Gasteiger partial charge < -0.3 is 4.74 Å². The summed E-state index contributed by atoms with van der Waals surface area (Å²) in [5.41, 5.74) is 0.475. The molecule has 1 aromatic heterocycles. The van der Waals surface area contributed by atoms with Gasteiger partial charge in [0.15, 0.2) is 0 Å². The van der Waals surface area contributed by atoms with E-state index in [1.54, 1.807) is 26.0 Å². The van der Waals surface area contributed by atoms with E-state index in [1.165, 1.54) is 18.2 Å². The van der Waals surface area contributed by atoms with Crippen molar-refractivity contribution >= 4 is 5.97 Å². The second-order valence-corrected chi connectivity index (χ2v) is 4.51. The van der Waals surface area contributed by atoms with Crippen molar-refractivity contribution in [2.75, 3.05) is 6.61 Å². The third-order valence-electron chi connectivity index (χ3n) is 2.81. The van der Waals surface area contributed by atoms with E-state index in [2.05, 4.69) is 5.10 Å². The van der Waals surface area contributed by atoms with E-state index in [9.17, 15) is 14.0 Å². The highest BCUT2D eigenvalue weighted by molar-refractivity contribution is 5.88. The molecule has 0 aliphatic carbocycles. The Morgan fingerprint density at radius 2 is 2.14 bits per heavy atom. The van der Waals surface area contributed by atoms with E-state index in [1.807, 2.05) is 0 Å². The Morgan fingerprint density at radius 3 is 2.81 bits per heavy atom. The zero-order valence-corrected chi connectivity index (χ0v) is 11.8. The van der Waals surface area contributed by atoms with Crippen LogP contribution in [0.5, 0.6) is 0 Å². The SMILES string of the molecule is CCOC(=O)c1cc(C)nn(Cc2cccc(F)c2)c1=O. The van der Waals surface area contributed by atoms with Crippen molar-refractivity contribution in [2.45, 2.75) is 20.4 Å². The number of aromatic nitrogens is 2. The first-order valence-corrected chi connectivity index (χ1v) is 6.51. The van der Waals surface area contributed by atoms with Gasteiger partial charge in [0.25, 0.3) is 5.56 Å². The van der Waals surface area contributed by atoms with Crippen LogP contribution >= 0.6 is 0 Å². The molecule has 0 aliphatic rings. The lowest BCUT2D eigenvalue weighted by Gasteiger charge is -2.08. The number of hydrogen-bond acceptors (Lipinski definition) is 4. The van der Waals surface area contributed by atoms with Gasteiger partial charge >= 0.3 is 5.97 Å². The number of rotatable bonds is 4. The van der Waals surface area contributed by atoms with Gasteiger partial charge in [-0.3, -0.25) is 4.79 Å². The number of nitrogens with zero attached hydrogens (tertiary/aromatic N) is 2. The average molecular weight is 290 g/mol. The molecule has 110 valence electrons. The summed E-state index contributed by atoms with van der Waals surface area (Å²) in [5.74, 6) is -1.07. The first-order valence-electron chi connectivity index (χ1n) is 6.51. The van der Waals surface area contributed by atoms with Crippen LogP contribution in [-0.4, -0.2) is 22.4 Å². The van der Waals surface area contributed by atoms with Gasteiger partial charge in [0.05, 0.1) is 18.8 Å². The third kappa shape index (κ3) is 3.53.